The number of aromatic nitrogens is 2. The monoisotopic (exact) mass is 445 g/mol. The van der Waals surface area contributed by atoms with Gasteiger partial charge in [-0.3, -0.25) is 0 Å². The van der Waals surface area contributed by atoms with E-state index in [1.54, 1.807) is 31.2 Å². The molecule has 1 heterocycles. The van der Waals surface area contributed by atoms with Gasteiger partial charge in [0.1, 0.15) is 23.5 Å². The van der Waals surface area contributed by atoms with Crippen molar-refractivity contribution in [3.63, 3.8) is 0 Å². The van der Waals surface area contributed by atoms with Crippen molar-refractivity contribution in [2.24, 2.45) is 0 Å². The van der Waals surface area contributed by atoms with Crippen molar-refractivity contribution in [3.05, 3.63) is 71.9 Å². The lowest BCUT2D eigenvalue weighted by atomic mass is 10.1. The summed E-state index contributed by atoms with van der Waals surface area (Å²) in [6, 6.07) is 16.1. The normalized spacial score (nSPS) is 11.8. The predicted molar refractivity (Wildman–Crippen MR) is 117 cm³/mol. The third-order valence-electron chi connectivity index (χ3n) is 4.41. The smallest absolute Gasteiger partial charge is 0.421 e. The van der Waals surface area contributed by atoms with Gasteiger partial charge in [0, 0.05) is 12.7 Å². The van der Waals surface area contributed by atoms with Crippen molar-refractivity contribution >= 4 is 11.5 Å². The summed E-state index contributed by atoms with van der Waals surface area (Å²) >= 11 is 0. The van der Waals surface area contributed by atoms with Crippen LogP contribution in [0.3, 0.4) is 0 Å². The number of ether oxygens (including phenoxy) is 2. The van der Waals surface area contributed by atoms with E-state index in [1.807, 2.05) is 51.1 Å². The molecule has 0 radical (unpaired) electrons. The topological polar surface area (TPSA) is 47.5 Å². The van der Waals surface area contributed by atoms with Gasteiger partial charge in [0.2, 0.25) is 0 Å². The van der Waals surface area contributed by atoms with Gasteiger partial charge in [-0.05, 0) is 45.4 Å². The van der Waals surface area contributed by atoms with Crippen LogP contribution in [0, 0.1) is 0 Å². The van der Waals surface area contributed by atoms with Crippen LogP contribution in [0.25, 0.3) is 0 Å². The number of rotatable bonds is 7. The van der Waals surface area contributed by atoms with E-state index in [4.69, 9.17) is 9.47 Å². The van der Waals surface area contributed by atoms with E-state index >= 15 is 0 Å². The van der Waals surface area contributed by atoms with Gasteiger partial charge in [-0.2, -0.15) is 18.2 Å². The van der Waals surface area contributed by atoms with Crippen molar-refractivity contribution in [1.82, 2.24) is 9.97 Å². The number of alkyl halides is 3. The first kappa shape index (κ1) is 23.4. The van der Waals surface area contributed by atoms with Crippen LogP contribution in [0.5, 0.6) is 11.8 Å². The molecule has 5 nitrogen and oxygen atoms in total. The number of hydrogen-bond donors (Lipinski definition) is 0. The molecule has 0 aliphatic rings. The molecule has 170 valence electrons. The lowest BCUT2D eigenvalue weighted by molar-refractivity contribution is -0.137. The lowest BCUT2D eigenvalue weighted by Gasteiger charge is -2.30. The Bertz CT molecular complexity index is 1030. The summed E-state index contributed by atoms with van der Waals surface area (Å²) < 4.78 is 53.1. The molecule has 32 heavy (non-hydrogen) atoms. The van der Waals surface area contributed by atoms with E-state index < -0.39 is 17.3 Å². The molecule has 0 unspecified atom stereocenters. The average molecular weight is 445 g/mol. The van der Waals surface area contributed by atoms with Crippen LogP contribution in [-0.2, 0) is 12.8 Å². The van der Waals surface area contributed by atoms with Gasteiger partial charge in [0.15, 0.2) is 5.82 Å². The molecule has 2 aromatic carbocycles. The van der Waals surface area contributed by atoms with Crippen molar-refractivity contribution in [3.8, 4) is 11.8 Å². The zero-order valence-electron chi connectivity index (χ0n) is 18.5. The van der Waals surface area contributed by atoms with Crippen LogP contribution < -0.4 is 14.4 Å². The highest BCUT2D eigenvalue weighted by atomic mass is 19.4. The maximum Gasteiger partial charge on any atom is 0.421 e. The molecule has 3 aromatic rings. The molecule has 0 amide bonds. The van der Waals surface area contributed by atoms with Gasteiger partial charge >= 0.3 is 12.2 Å². The maximum absolute atomic E-state index is 13.8. The highest BCUT2D eigenvalue weighted by Gasteiger charge is 2.37. The Kier molecular flexibility index (Phi) is 6.91. The maximum atomic E-state index is 13.8. The summed E-state index contributed by atoms with van der Waals surface area (Å²) in [7, 11) is 0. The van der Waals surface area contributed by atoms with Gasteiger partial charge in [0.05, 0.1) is 5.69 Å². The number of nitrogens with zero attached hydrogens (tertiary/aromatic N) is 3. The standard InChI is InChI=1S/C24H26F3N3O2/c1-5-30(19-13-9-10-14-20(19)32-23(2,3)4)21-18(24(25,26)27)15-28-22(29-21)31-16-17-11-7-6-8-12-17/h6-15H,5,16H2,1-4H3. The fourth-order valence-electron chi connectivity index (χ4n) is 3.09. The van der Waals surface area contributed by atoms with Gasteiger partial charge in [-0.15, -0.1) is 0 Å². The Balaban J connectivity index is 2.03. The Morgan fingerprint density at radius 2 is 1.59 bits per heavy atom. The van der Waals surface area contributed by atoms with Crippen LogP contribution in [0.1, 0.15) is 38.8 Å². The fraction of sp³-hybridized carbons (Fsp3) is 0.333. The molecule has 3 rings (SSSR count). The molecule has 8 heteroatoms. The highest BCUT2D eigenvalue weighted by molar-refractivity contribution is 5.69. The molecule has 0 aliphatic heterocycles. The summed E-state index contributed by atoms with van der Waals surface area (Å²) in [5.74, 6) is 0.170. The predicted octanol–water partition coefficient (Wildman–Crippen LogP) is 6.41. The third kappa shape index (κ3) is 5.90. The molecule has 0 bridgehead atoms. The van der Waals surface area contributed by atoms with E-state index in [0.29, 0.717) is 11.4 Å². The lowest BCUT2D eigenvalue weighted by Crippen LogP contribution is -2.27. The van der Waals surface area contributed by atoms with Crippen LogP contribution in [0.15, 0.2) is 60.8 Å². The second-order valence-electron chi connectivity index (χ2n) is 8.09. The summed E-state index contributed by atoms with van der Waals surface area (Å²) in [5.41, 5.74) is -0.146. The molecule has 0 aliphatic carbocycles. The largest absolute Gasteiger partial charge is 0.486 e. The van der Waals surface area contributed by atoms with Crippen molar-refractivity contribution in [2.75, 3.05) is 11.4 Å². The fourth-order valence-corrected chi connectivity index (χ4v) is 3.09. The number of hydrogen-bond acceptors (Lipinski definition) is 5. The van der Waals surface area contributed by atoms with Crippen molar-refractivity contribution in [2.45, 2.75) is 46.1 Å². The minimum absolute atomic E-state index is 0.135. The van der Waals surface area contributed by atoms with Gasteiger partial charge in [-0.1, -0.05) is 42.5 Å². The van der Waals surface area contributed by atoms with E-state index in [-0.39, 0.29) is 25.0 Å². The Labute approximate surface area is 185 Å². The van der Waals surface area contributed by atoms with Crippen LogP contribution in [0.2, 0.25) is 0 Å². The van der Waals surface area contributed by atoms with E-state index in [2.05, 4.69) is 9.97 Å². The zero-order chi connectivity index (χ0) is 23.4. The van der Waals surface area contributed by atoms with Crippen molar-refractivity contribution in [1.29, 1.82) is 0 Å². The zero-order valence-corrected chi connectivity index (χ0v) is 18.5. The average Bonchev–Trinajstić information content (AvgIpc) is 2.73. The van der Waals surface area contributed by atoms with Gasteiger partial charge in [-0.25, -0.2) is 4.98 Å². The van der Waals surface area contributed by atoms with E-state index in [1.165, 1.54) is 4.90 Å². The Morgan fingerprint density at radius 3 is 2.22 bits per heavy atom. The Morgan fingerprint density at radius 1 is 0.938 bits per heavy atom. The van der Waals surface area contributed by atoms with Crippen LogP contribution in [-0.4, -0.2) is 22.1 Å². The number of anilines is 2. The van der Waals surface area contributed by atoms with E-state index in [9.17, 15) is 13.2 Å². The minimum Gasteiger partial charge on any atom is -0.486 e. The third-order valence-corrected chi connectivity index (χ3v) is 4.41. The van der Waals surface area contributed by atoms with Gasteiger partial charge in [0.25, 0.3) is 0 Å². The molecule has 0 atom stereocenters. The molecule has 0 saturated carbocycles. The second kappa shape index (κ2) is 9.46. The van der Waals surface area contributed by atoms with Gasteiger partial charge < -0.3 is 14.4 Å². The first-order valence-electron chi connectivity index (χ1n) is 10.2. The molecule has 1 aromatic heterocycles. The molecule has 0 spiro atoms. The minimum atomic E-state index is -4.64. The number of benzene rings is 2. The summed E-state index contributed by atoms with van der Waals surface area (Å²) in [5, 5.41) is 0. The summed E-state index contributed by atoms with van der Waals surface area (Å²) in [6.45, 7) is 7.75. The molecular formula is C24H26F3N3O2. The van der Waals surface area contributed by atoms with Crippen LogP contribution in [0.4, 0.5) is 24.7 Å². The second-order valence-corrected chi connectivity index (χ2v) is 8.09. The molecule has 0 N–H and O–H groups in total. The summed E-state index contributed by atoms with van der Waals surface area (Å²) in [4.78, 5) is 9.42. The van der Waals surface area contributed by atoms with Crippen LogP contribution >= 0.6 is 0 Å². The van der Waals surface area contributed by atoms with E-state index in [0.717, 1.165) is 11.8 Å². The first-order valence-corrected chi connectivity index (χ1v) is 10.2. The molecule has 0 fully saturated rings. The highest BCUT2D eigenvalue weighted by Crippen LogP contribution is 2.41. The molecule has 0 saturated heterocycles. The quantitative estimate of drug-likeness (QED) is 0.421. The molecular weight excluding hydrogens is 419 g/mol. The SMILES string of the molecule is CCN(c1ccccc1OC(C)(C)C)c1nc(OCc2ccccc2)ncc1C(F)(F)F. The number of halogens is 3. The summed E-state index contributed by atoms with van der Waals surface area (Å²) in [6.07, 6.45) is -3.88. The Hall–Kier alpha value is -3.29. The van der Waals surface area contributed by atoms with Crippen molar-refractivity contribution < 1.29 is 22.6 Å². The number of para-hydroxylation sites is 2. The first-order chi connectivity index (χ1) is 15.1.